The number of benzene rings is 2. The third-order valence-electron chi connectivity index (χ3n) is 1.97. The lowest BCUT2D eigenvalue weighted by Crippen LogP contribution is -2.08. The Bertz CT molecular complexity index is 417. The number of para-hydroxylation sites is 2. The summed E-state index contributed by atoms with van der Waals surface area (Å²) in [5.41, 5.74) is 1.45. The predicted molar refractivity (Wildman–Crippen MR) is 58.3 cm³/mol. The largest absolute Gasteiger partial charge is 0.246 e. The quantitative estimate of drug-likeness (QED) is 0.540. The number of hydrogen-bond donors (Lipinski definition) is 0. The summed E-state index contributed by atoms with van der Waals surface area (Å²) < 4.78 is 0. The van der Waals surface area contributed by atoms with E-state index in [0.29, 0.717) is 0 Å². The topological polar surface area (TPSA) is 27.0 Å². The lowest BCUT2D eigenvalue weighted by molar-refractivity contribution is 1.27. The van der Waals surface area contributed by atoms with Gasteiger partial charge in [0.2, 0.25) is 0 Å². The zero-order valence-electron chi connectivity index (χ0n) is 8.01. The molecule has 0 N–H and O–H groups in total. The highest BCUT2D eigenvalue weighted by Crippen LogP contribution is 2.22. The van der Waals surface area contributed by atoms with E-state index < -0.39 is 0 Å². The van der Waals surface area contributed by atoms with E-state index in [1.165, 1.54) is 4.90 Å². The molecule has 0 bridgehead atoms. The second-order valence-corrected chi connectivity index (χ2v) is 2.93. The first-order valence-electron chi connectivity index (χ1n) is 4.55. The minimum absolute atomic E-state index is 0.724. The van der Waals surface area contributed by atoms with Crippen LogP contribution in [0.1, 0.15) is 0 Å². The van der Waals surface area contributed by atoms with E-state index in [-0.39, 0.29) is 0 Å². The first-order valence-corrected chi connectivity index (χ1v) is 4.55. The first-order chi connectivity index (χ1) is 7.42. The summed E-state index contributed by atoms with van der Waals surface area (Å²) >= 11 is 0. The molecule has 70 valence electrons. The molecule has 0 aliphatic rings. The summed E-state index contributed by atoms with van der Waals surface area (Å²) in [6.45, 7) is 0. The minimum atomic E-state index is 0.724. The van der Waals surface area contributed by atoms with Crippen molar-refractivity contribution in [3.05, 3.63) is 60.7 Å². The Morgan fingerprint density at radius 1 is 0.933 bits per heavy atom. The maximum atomic E-state index is 9.07. The van der Waals surface area contributed by atoms with Gasteiger partial charge in [-0.1, -0.05) is 36.4 Å². The molecular formula is C13H8N2. The van der Waals surface area contributed by atoms with Gasteiger partial charge in [0, 0.05) is 12.1 Å². The van der Waals surface area contributed by atoms with Crippen molar-refractivity contribution < 1.29 is 0 Å². The Morgan fingerprint density at radius 3 is 1.80 bits per heavy atom. The lowest BCUT2D eigenvalue weighted by Gasteiger charge is -2.14. The molecule has 0 heterocycles. The predicted octanol–water partition coefficient (Wildman–Crippen LogP) is 2.91. The fraction of sp³-hybridized carbons (Fsp3) is 0. The molecule has 2 heteroatoms. The van der Waals surface area contributed by atoms with Crippen molar-refractivity contribution in [3.8, 4) is 6.19 Å². The number of hydrogen-bond acceptors (Lipinski definition) is 2. The van der Waals surface area contributed by atoms with Crippen LogP contribution in [0, 0.1) is 23.6 Å². The van der Waals surface area contributed by atoms with Crippen LogP contribution in [0.3, 0.4) is 0 Å². The molecule has 0 spiro atoms. The Morgan fingerprint density at radius 2 is 1.47 bits per heavy atom. The average Bonchev–Trinajstić information content (AvgIpc) is 2.33. The molecule has 0 fully saturated rings. The Balaban J connectivity index is 2.39. The first kappa shape index (κ1) is 9.29. The van der Waals surface area contributed by atoms with Crippen LogP contribution < -0.4 is 4.90 Å². The fourth-order valence-corrected chi connectivity index (χ4v) is 1.28. The maximum absolute atomic E-state index is 9.07. The molecule has 0 aliphatic carbocycles. The van der Waals surface area contributed by atoms with Crippen molar-refractivity contribution in [2.45, 2.75) is 0 Å². The number of rotatable bonds is 2. The molecule has 0 amide bonds. The summed E-state index contributed by atoms with van der Waals surface area (Å²) in [7, 11) is 0. The Labute approximate surface area is 89.0 Å². The molecule has 0 saturated heterocycles. The average molecular weight is 192 g/mol. The van der Waals surface area contributed by atoms with E-state index >= 15 is 0 Å². The van der Waals surface area contributed by atoms with E-state index in [1.807, 2.05) is 36.4 Å². The monoisotopic (exact) mass is 192 g/mol. The van der Waals surface area contributed by atoms with Crippen molar-refractivity contribution >= 4 is 11.4 Å². The summed E-state index contributed by atoms with van der Waals surface area (Å²) in [6.07, 6.45) is 2.11. The van der Waals surface area contributed by atoms with Crippen molar-refractivity contribution in [3.63, 3.8) is 0 Å². The smallest absolute Gasteiger partial charge is 0.189 e. The summed E-state index contributed by atoms with van der Waals surface area (Å²) in [6, 6.07) is 20.7. The number of anilines is 2. The van der Waals surface area contributed by atoms with Gasteiger partial charge >= 0.3 is 0 Å². The molecular weight excluding hydrogens is 184 g/mol. The zero-order chi connectivity index (χ0) is 10.5. The molecule has 0 atom stereocenters. The van der Waals surface area contributed by atoms with E-state index in [0.717, 1.165) is 11.4 Å². The van der Waals surface area contributed by atoms with Gasteiger partial charge in [0.15, 0.2) is 6.19 Å². The van der Waals surface area contributed by atoms with Gasteiger partial charge in [0.1, 0.15) is 0 Å². The van der Waals surface area contributed by atoms with Crippen LogP contribution in [0.4, 0.5) is 11.4 Å². The van der Waals surface area contributed by atoms with Gasteiger partial charge in [-0.05, 0) is 12.1 Å². The van der Waals surface area contributed by atoms with Crippen LogP contribution in [-0.4, -0.2) is 0 Å². The van der Waals surface area contributed by atoms with Crippen molar-refractivity contribution in [2.75, 3.05) is 4.90 Å². The zero-order valence-corrected chi connectivity index (χ0v) is 8.01. The fourth-order valence-electron chi connectivity index (χ4n) is 1.28. The highest BCUT2D eigenvalue weighted by Gasteiger charge is 2.06. The molecule has 2 aromatic rings. The molecule has 0 unspecified atom stereocenters. The van der Waals surface area contributed by atoms with Crippen molar-refractivity contribution in [1.29, 1.82) is 5.26 Å². The van der Waals surface area contributed by atoms with Crippen LogP contribution in [0.5, 0.6) is 0 Å². The summed E-state index contributed by atoms with van der Waals surface area (Å²) in [5, 5.41) is 9.07. The molecule has 2 nitrogen and oxygen atoms in total. The van der Waals surface area contributed by atoms with Crippen LogP contribution in [0.15, 0.2) is 48.5 Å². The van der Waals surface area contributed by atoms with Gasteiger partial charge in [-0.3, -0.25) is 0 Å². The van der Waals surface area contributed by atoms with E-state index in [1.54, 1.807) is 12.1 Å². The SMILES string of the molecule is N#CN(c1[c]cccc1)c1[c]cccc1. The summed E-state index contributed by atoms with van der Waals surface area (Å²) in [5.74, 6) is 0. The van der Waals surface area contributed by atoms with E-state index in [4.69, 9.17) is 5.26 Å². The third kappa shape index (κ3) is 1.97. The van der Waals surface area contributed by atoms with Gasteiger partial charge in [-0.15, -0.1) is 0 Å². The van der Waals surface area contributed by atoms with Gasteiger partial charge < -0.3 is 0 Å². The van der Waals surface area contributed by atoms with Crippen LogP contribution in [0.25, 0.3) is 0 Å². The highest BCUT2D eigenvalue weighted by molar-refractivity contribution is 5.65. The molecule has 0 aromatic heterocycles. The molecule has 0 aliphatic heterocycles. The van der Waals surface area contributed by atoms with Gasteiger partial charge in [0.25, 0.3) is 0 Å². The van der Waals surface area contributed by atoms with Crippen molar-refractivity contribution in [2.24, 2.45) is 0 Å². The van der Waals surface area contributed by atoms with Gasteiger partial charge in [-0.2, -0.15) is 5.26 Å². The Kier molecular flexibility index (Phi) is 2.66. The van der Waals surface area contributed by atoms with Crippen LogP contribution >= 0.6 is 0 Å². The molecule has 2 aromatic carbocycles. The molecule has 2 radical (unpaired) electrons. The lowest BCUT2D eigenvalue weighted by atomic mass is 10.2. The molecule has 15 heavy (non-hydrogen) atoms. The molecule has 2 rings (SSSR count). The van der Waals surface area contributed by atoms with E-state index in [2.05, 4.69) is 18.3 Å². The standard InChI is InChI=1S/C13H8N2/c14-11-15(12-7-3-1-4-8-12)13-9-5-2-6-10-13/h1-7,9H. The van der Waals surface area contributed by atoms with Crippen LogP contribution in [0.2, 0.25) is 0 Å². The van der Waals surface area contributed by atoms with Gasteiger partial charge in [-0.25, -0.2) is 4.90 Å². The molecule has 0 saturated carbocycles. The number of nitriles is 1. The normalized spacial score (nSPS) is 9.27. The van der Waals surface area contributed by atoms with Crippen LogP contribution in [-0.2, 0) is 0 Å². The second-order valence-electron chi connectivity index (χ2n) is 2.93. The third-order valence-corrected chi connectivity index (χ3v) is 1.97. The van der Waals surface area contributed by atoms with E-state index in [9.17, 15) is 0 Å². The van der Waals surface area contributed by atoms with Crippen molar-refractivity contribution in [1.82, 2.24) is 0 Å². The second kappa shape index (κ2) is 4.30. The van der Waals surface area contributed by atoms with Gasteiger partial charge in [0.05, 0.1) is 11.4 Å². The Hall–Kier alpha value is -2.27. The minimum Gasteiger partial charge on any atom is -0.246 e. The number of nitrogens with zero attached hydrogens (tertiary/aromatic N) is 2. The highest BCUT2D eigenvalue weighted by atomic mass is 15.1. The maximum Gasteiger partial charge on any atom is 0.189 e. The summed E-state index contributed by atoms with van der Waals surface area (Å²) in [4.78, 5) is 1.49.